The average Bonchev–Trinajstić information content (AvgIpc) is 2.62. The molecule has 2 N–H and O–H groups in total. The minimum Gasteiger partial charge on any atom is -0.356 e. The van der Waals surface area contributed by atoms with Gasteiger partial charge in [-0.15, -0.1) is 24.0 Å². The second-order valence-corrected chi connectivity index (χ2v) is 6.48. The fourth-order valence-corrected chi connectivity index (χ4v) is 2.81. The molecule has 25 heavy (non-hydrogen) atoms. The maximum atomic E-state index is 4.35. The number of rotatable bonds is 10. The second kappa shape index (κ2) is 14.4. The van der Waals surface area contributed by atoms with Gasteiger partial charge in [0.1, 0.15) is 0 Å². The van der Waals surface area contributed by atoms with Crippen molar-refractivity contribution in [3.05, 3.63) is 35.9 Å². The van der Waals surface area contributed by atoms with E-state index in [1.807, 2.05) is 7.05 Å². The number of hydrogen-bond acceptors (Lipinski definition) is 2. The Bertz CT molecular complexity index is 460. The first-order valence-corrected chi connectivity index (χ1v) is 9.35. The summed E-state index contributed by atoms with van der Waals surface area (Å²) in [6.45, 7) is 13.3. The van der Waals surface area contributed by atoms with Gasteiger partial charge < -0.3 is 15.5 Å². The van der Waals surface area contributed by atoms with Crippen molar-refractivity contribution in [2.45, 2.75) is 52.5 Å². The van der Waals surface area contributed by atoms with Crippen molar-refractivity contribution < 1.29 is 0 Å². The molecule has 0 aromatic heterocycles. The van der Waals surface area contributed by atoms with Crippen LogP contribution in [-0.4, -0.2) is 50.1 Å². The van der Waals surface area contributed by atoms with Crippen molar-refractivity contribution in [2.24, 2.45) is 4.99 Å². The number of aliphatic imine (C=N–C) groups is 1. The molecular formula is C20H37IN4. The largest absolute Gasteiger partial charge is 0.356 e. The SMILES string of the molecule is CCN(CC)CCCC(C)NC(=NC)NCC(C)c1ccccc1.I. The highest BCUT2D eigenvalue weighted by atomic mass is 127. The predicted molar refractivity (Wildman–Crippen MR) is 121 cm³/mol. The second-order valence-electron chi connectivity index (χ2n) is 6.48. The van der Waals surface area contributed by atoms with Crippen molar-refractivity contribution in [2.75, 3.05) is 33.2 Å². The van der Waals surface area contributed by atoms with E-state index in [1.54, 1.807) is 0 Å². The van der Waals surface area contributed by atoms with Gasteiger partial charge in [-0.25, -0.2) is 0 Å². The van der Waals surface area contributed by atoms with Gasteiger partial charge >= 0.3 is 0 Å². The zero-order valence-corrected chi connectivity index (χ0v) is 18.9. The van der Waals surface area contributed by atoms with E-state index in [-0.39, 0.29) is 24.0 Å². The Morgan fingerprint density at radius 2 is 1.76 bits per heavy atom. The maximum Gasteiger partial charge on any atom is 0.191 e. The van der Waals surface area contributed by atoms with E-state index in [4.69, 9.17) is 0 Å². The van der Waals surface area contributed by atoms with E-state index >= 15 is 0 Å². The third-order valence-electron chi connectivity index (χ3n) is 4.56. The first kappa shape index (κ1) is 24.2. The molecule has 0 saturated carbocycles. The van der Waals surface area contributed by atoms with Crippen molar-refractivity contribution in [1.29, 1.82) is 0 Å². The van der Waals surface area contributed by atoms with Gasteiger partial charge in [0.05, 0.1) is 0 Å². The minimum absolute atomic E-state index is 0. The lowest BCUT2D eigenvalue weighted by Gasteiger charge is -2.22. The summed E-state index contributed by atoms with van der Waals surface area (Å²) in [7, 11) is 1.84. The number of nitrogens with one attached hydrogen (secondary N) is 2. The highest BCUT2D eigenvalue weighted by Gasteiger charge is 2.09. The highest BCUT2D eigenvalue weighted by molar-refractivity contribution is 14.0. The lowest BCUT2D eigenvalue weighted by atomic mass is 10.0. The molecular weight excluding hydrogens is 423 g/mol. The Balaban J connectivity index is 0.00000576. The molecule has 0 radical (unpaired) electrons. The van der Waals surface area contributed by atoms with E-state index in [0.717, 1.165) is 32.0 Å². The first-order chi connectivity index (χ1) is 11.6. The first-order valence-electron chi connectivity index (χ1n) is 9.35. The van der Waals surface area contributed by atoms with Crippen LogP contribution < -0.4 is 10.6 Å². The Hall–Kier alpha value is -0.820. The maximum absolute atomic E-state index is 4.35. The lowest BCUT2D eigenvalue weighted by molar-refractivity contribution is 0.292. The number of nitrogens with zero attached hydrogens (tertiary/aromatic N) is 2. The van der Waals surface area contributed by atoms with Crippen molar-refractivity contribution in [3.8, 4) is 0 Å². The minimum atomic E-state index is 0. The summed E-state index contributed by atoms with van der Waals surface area (Å²) in [5.74, 6) is 1.36. The fourth-order valence-electron chi connectivity index (χ4n) is 2.81. The third-order valence-corrected chi connectivity index (χ3v) is 4.56. The highest BCUT2D eigenvalue weighted by Crippen LogP contribution is 2.12. The molecule has 2 unspecified atom stereocenters. The molecule has 0 heterocycles. The molecule has 1 aromatic carbocycles. The molecule has 0 aliphatic carbocycles. The predicted octanol–water partition coefficient (Wildman–Crippen LogP) is 4.08. The third kappa shape index (κ3) is 10.0. The number of guanidine groups is 1. The van der Waals surface area contributed by atoms with E-state index in [9.17, 15) is 0 Å². The van der Waals surface area contributed by atoms with Crippen LogP contribution in [0.4, 0.5) is 0 Å². The monoisotopic (exact) mass is 460 g/mol. The van der Waals surface area contributed by atoms with E-state index in [2.05, 4.69) is 78.6 Å². The van der Waals surface area contributed by atoms with Crippen LogP contribution in [0.25, 0.3) is 0 Å². The van der Waals surface area contributed by atoms with Gasteiger partial charge in [-0.3, -0.25) is 4.99 Å². The molecule has 0 aliphatic heterocycles. The summed E-state index contributed by atoms with van der Waals surface area (Å²) in [4.78, 5) is 6.83. The molecule has 144 valence electrons. The quantitative estimate of drug-likeness (QED) is 0.314. The zero-order chi connectivity index (χ0) is 17.8. The Morgan fingerprint density at radius 1 is 1.12 bits per heavy atom. The van der Waals surface area contributed by atoms with E-state index in [1.165, 1.54) is 18.5 Å². The van der Waals surface area contributed by atoms with Gasteiger partial charge in [0, 0.05) is 19.6 Å². The summed E-state index contributed by atoms with van der Waals surface area (Å²) >= 11 is 0. The van der Waals surface area contributed by atoms with Crippen molar-refractivity contribution >= 4 is 29.9 Å². The van der Waals surface area contributed by atoms with Gasteiger partial charge in [0.25, 0.3) is 0 Å². The topological polar surface area (TPSA) is 39.7 Å². The van der Waals surface area contributed by atoms with Crippen molar-refractivity contribution in [3.63, 3.8) is 0 Å². The molecule has 1 aromatic rings. The normalized spacial score (nSPS) is 13.9. The van der Waals surface area contributed by atoms with Crippen LogP contribution in [0.1, 0.15) is 52.0 Å². The van der Waals surface area contributed by atoms with Gasteiger partial charge in [-0.2, -0.15) is 0 Å². The molecule has 0 amide bonds. The molecule has 0 saturated heterocycles. The summed E-state index contributed by atoms with van der Waals surface area (Å²) in [5, 5.41) is 6.95. The summed E-state index contributed by atoms with van der Waals surface area (Å²) in [6.07, 6.45) is 2.37. The number of hydrogen-bond donors (Lipinski definition) is 2. The van der Waals surface area contributed by atoms with Gasteiger partial charge in [-0.1, -0.05) is 51.1 Å². The van der Waals surface area contributed by atoms with Crippen LogP contribution in [0.15, 0.2) is 35.3 Å². The van der Waals surface area contributed by atoms with Crippen molar-refractivity contribution in [1.82, 2.24) is 15.5 Å². The van der Waals surface area contributed by atoms with E-state index < -0.39 is 0 Å². The Kier molecular flexibility index (Phi) is 13.9. The van der Waals surface area contributed by atoms with Gasteiger partial charge in [-0.05, 0) is 50.9 Å². The summed E-state index contributed by atoms with van der Waals surface area (Å²) in [5.41, 5.74) is 1.35. The van der Waals surface area contributed by atoms with Gasteiger partial charge in [0.2, 0.25) is 0 Å². The molecule has 0 aliphatic rings. The summed E-state index contributed by atoms with van der Waals surface area (Å²) < 4.78 is 0. The van der Waals surface area contributed by atoms with Crippen LogP contribution in [0.3, 0.4) is 0 Å². The smallest absolute Gasteiger partial charge is 0.191 e. The molecule has 5 heteroatoms. The molecule has 4 nitrogen and oxygen atoms in total. The molecule has 0 spiro atoms. The molecule has 1 rings (SSSR count). The average molecular weight is 460 g/mol. The fraction of sp³-hybridized carbons (Fsp3) is 0.650. The molecule has 0 fully saturated rings. The number of benzene rings is 1. The van der Waals surface area contributed by atoms with Crippen LogP contribution in [-0.2, 0) is 0 Å². The van der Waals surface area contributed by atoms with Crippen LogP contribution in [0, 0.1) is 0 Å². The van der Waals surface area contributed by atoms with E-state index in [0.29, 0.717) is 12.0 Å². The number of halogens is 1. The Morgan fingerprint density at radius 3 is 2.32 bits per heavy atom. The molecule has 0 bridgehead atoms. The lowest BCUT2D eigenvalue weighted by Crippen LogP contribution is -2.43. The van der Waals surface area contributed by atoms with Gasteiger partial charge in [0.15, 0.2) is 5.96 Å². The zero-order valence-electron chi connectivity index (χ0n) is 16.6. The Labute approximate surface area is 171 Å². The summed E-state index contributed by atoms with van der Waals surface area (Å²) in [6, 6.07) is 11.0. The van der Waals surface area contributed by atoms with Crippen LogP contribution in [0.5, 0.6) is 0 Å². The molecule has 2 atom stereocenters. The standard InChI is InChI=1S/C20H36N4.HI/c1-6-24(7-2)15-11-12-18(4)23-20(21-5)22-16-17(3)19-13-9-8-10-14-19;/h8-10,13-14,17-18H,6-7,11-12,15-16H2,1-5H3,(H2,21,22,23);1H. The van der Waals surface area contributed by atoms with Crippen LogP contribution >= 0.6 is 24.0 Å². The van der Waals surface area contributed by atoms with Crippen LogP contribution in [0.2, 0.25) is 0 Å².